The Labute approximate surface area is 262 Å². The predicted octanol–water partition coefficient (Wildman–Crippen LogP) is 10.7. The molecule has 0 radical (unpaired) electrons. The number of aromatic nitrogens is 4. The molecule has 0 aliphatic rings. The first-order chi connectivity index (χ1) is 22.3. The van der Waals surface area contributed by atoms with Gasteiger partial charge in [-0.1, -0.05) is 84.9 Å². The minimum Gasteiger partial charge on any atom is -0.309 e. The molecule has 4 heterocycles. The Kier molecular flexibility index (Phi) is 5.12. The number of nitrogens with zero attached hydrogens (tertiary/aromatic N) is 4. The van der Waals surface area contributed by atoms with E-state index in [-0.39, 0.29) is 0 Å². The van der Waals surface area contributed by atoms with Crippen molar-refractivity contribution in [2.24, 2.45) is 0 Å². The van der Waals surface area contributed by atoms with E-state index in [0.29, 0.717) is 5.95 Å². The molecule has 0 aliphatic carbocycles. The zero-order valence-corrected chi connectivity index (χ0v) is 24.9. The van der Waals surface area contributed by atoms with Gasteiger partial charge < -0.3 is 4.57 Å². The Morgan fingerprint density at radius 3 is 2.07 bits per heavy atom. The van der Waals surface area contributed by atoms with Crippen LogP contribution in [0, 0.1) is 0 Å². The molecule has 0 saturated carbocycles. The number of para-hydroxylation sites is 3. The molecule has 5 heteroatoms. The lowest BCUT2D eigenvalue weighted by Crippen LogP contribution is -2.02. The third kappa shape index (κ3) is 3.53. The van der Waals surface area contributed by atoms with Crippen LogP contribution in [0.25, 0.3) is 86.7 Å². The Hall–Kier alpha value is -5.78. The molecule has 0 amide bonds. The molecule has 0 aliphatic heterocycles. The summed E-state index contributed by atoms with van der Waals surface area (Å²) >= 11 is 1.83. The van der Waals surface area contributed by atoms with Gasteiger partial charge in [0.15, 0.2) is 0 Å². The molecule has 0 fully saturated rings. The second-order valence-corrected chi connectivity index (χ2v) is 12.5. The minimum absolute atomic E-state index is 0.665. The average Bonchev–Trinajstić information content (AvgIpc) is 3.76. The predicted molar refractivity (Wildman–Crippen MR) is 189 cm³/mol. The molecule has 210 valence electrons. The number of rotatable bonds is 3. The fourth-order valence-corrected chi connectivity index (χ4v) is 8.16. The van der Waals surface area contributed by atoms with E-state index in [4.69, 9.17) is 9.97 Å². The molecule has 4 aromatic heterocycles. The number of hydrogen-bond acceptors (Lipinski definition) is 3. The van der Waals surface area contributed by atoms with Crippen LogP contribution in [0.15, 0.2) is 146 Å². The van der Waals surface area contributed by atoms with Crippen LogP contribution in [-0.2, 0) is 0 Å². The van der Waals surface area contributed by atoms with E-state index in [1.165, 1.54) is 47.2 Å². The highest BCUT2D eigenvalue weighted by molar-refractivity contribution is 7.25. The maximum absolute atomic E-state index is 5.26. The van der Waals surface area contributed by atoms with Crippen LogP contribution in [0.3, 0.4) is 0 Å². The Balaban J connectivity index is 1.28. The fourth-order valence-electron chi connectivity index (χ4n) is 7.07. The average molecular weight is 593 g/mol. The van der Waals surface area contributed by atoms with Gasteiger partial charge in [-0.2, -0.15) is 0 Å². The second-order valence-electron chi connectivity index (χ2n) is 11.4. The fraction of sp³-hybridized carbons (Fsp3) is 0. The van der Waals surface area contributed by atoms with Crippen molar-refractivity contribution in [3.05, 3.63) is 146 Å². The summed E-state index contributed by atoms with van der Waals surface area (Å²) in [4.78, 5) is 10.2. The number of benzene rings is 6. The highest BCUT2D eigenvalue weighted by Crippen LogP contribution is 2.42. The lowest BCUT2D eigenvalue weighted by Gasteiger charge is -2.10. The van der Waals surface area contributed by atoms with Crippen molar-refractivity contribution in [1.82, 2.24) is 19.1 Å². The topological polar surface area (TPSA) is 35.6 Å². The van der Waals surface area contributed by atoms with Gasteiger partial charge in [0.25, 0.3) is 0 Å². The van der Waals surface area contributed by atoms with E-state index in [0.717, 1.165) is 33.5 Å². The monoisotopic (exact) mass is 592 g/mol. The van der Waals surface area contributed by atoms with E-state index in [9.17, 15) is 0 Å². The zero-order valence-electron chi connectivity index (χ0n) is 24.1. The normalized spacial score (nSPS) is 12.0. The first kappa shape index (κ1) is 24.6. The van der Waals surface area contributed by atoms with Gasteiger partial charge in [0.05, 0.1) is 27.8 Å². The van der Waals surface area contributed by atoms with Crippen LogP contribution in [0.1, 0.15) is 0 Å². The van der Waals surface area contributed by atoms with Gasteiger partial charge in [-0.3, -0.25) is 4.57 Å². The van der Waals surface area contributed by atoms with Crippen molar-refractivity contribution in [1.29, 1.82) is 0 Å². The molecular weight excluding hydrogens is 569 g/mol. The standard InChI is InChI=1S/C40H24N4S/c1-2-10-26(11-3-1)43-34-16-8-5-14-30(34)38-35(43)20-19-29-27-12-4-7-15-33(27)44(39(29)38)40-41-23-22-32(42-40)25-18-21-37-31(24-25)28-13-6-9-17-36(28)45-37/h1-24H. The van der Waals surface area contributed by atoms with E-state index in [1.807, 2.05) is 23.6 Å². The summed E-state index contributed by atoms with van der Waals surface area (Å²) in [5.74, 6) is 0.665. The van der Waals surface area contributed by atoms with Crippen molar-refractivity contribution in [2.45, 2.75) is 0 Å². The van der Waals surface area contributed by atoms with E-state index in [1.54, 1.807) is 0 Å². The van der Waals surface area contributed by atoms with Gasteiger partial charge in [-0.05, 0) is 54.6 Å². The molecule has 45 heavy (non-hydrogen) atoms. The van der Waals surface area contributed by atoms with Crippen molar-refractivity contribution < 1.29 is 0 Å². The van der Waals surface area contributed by atoms with Crippen molar-refractivity contribution in [3.8, 4) is 22.9 Å². The highest BCUT2D eigenvalue weighted by atomic mass is 32.1. The summed E-state index contributed by atoms with van der Waals surface area (Å²) in [6.45, 7) is 0. The van der Waals surface area contributed by atoms with Crippen LogP contribution in [-0.4, -0.2) is 19.1 Å². The summed E-state index contributed by atoms with van der Waals surface area (Å²) in [7, 11) is 0. The maximum atomic E-state index is 5.26. The molecule has 0 N–H and O–H groups in total. The summed E-state index contributed by atoms with van der Waals surface area (Å²) in [5.41, 5.74) is 7.67. The largest absolute Gasteiger partial charge is 0.309 e. The summed E-state index contributed by atoms with van der Waals surface area (Å²) in [6, 6.07) is 49.7. The zero-order chi connectivity index (χ0) is 29.5. The Bertz CT molecular complexity index is 2770. The van der Waals surface area contributed by atoms with Crippen LogP contribution < -0.4 is 0 Å². The Morgan fingerprint density at radius 1 is 0.489 bits per heavy atom. The van der Waals surface area contributed by atoms with Crippen LogP contribution in [0.4, 0.5) is 0 Å². The quantitative estimate of drug-likeness (QED) is 0.205. The second kappa shape index (κ2) is 9.36. The van der Waals surface area contributed by atoms with Gasteiger partial charge in [0.1, 0.15) is 0 Å². The number of fused-ring (bicyclic) bond motifs is 10. The molecule has 0 saturated heterocycles. The van der Waals surface area contributed by atoms with Crippen LogP contribution >= 0.6 is 11.3 Å². The molecule has 10 aromatic rings. The summed E-state index contributed by atoms with van der Waals surface area (Å²) in [6.07, 6.45) is 1.89. The van der Waals surface area contributed by atoms with Gasteiger partial charge >= 0.3 is 0 Å². The van der Waals surface area contributed by atoms with E-state index in [2.05, 4.69) is 143 Å². The van der Waals surface area contributed by atoms with Gasteiger partial charge in [0.2, 0.25) is 5.95 Å². The first-order valence-corrected chi connectivity index (χ1v) is 15.9. The molecule has 6 aromatic carbocycles. The molecule has 0 bridgehead atoms. The molecule has 10 rings (SSSR count). The Morgan fingerprint density at radius 2 is 1.20 bits per heavy atom. The van der Waals surface area contributed by atoms with Gasteiger partial charge in [-0.25, -0.2) is 9.97 Å². The lowest BCUT2D eigenvalue weighted by molar-refractivity contribution is 0.994. The smallest absolute Gasteiger partial charge is 0.235 e. The molecule has 0 unspecified atom stereocenters. The summed E-state index contributed by atoms with van der Waals surface area (Å²) in [5, 5.41) is 7.33. The maximum Gasteiger partial charge on any atom is 0.235 e. The molecule has 0 atom stereocenters. The lowest BCUT2D eigenvalue weighted by atomic mass is 10.1. The van der Waals surface area contributed by atoms with E-state index < -0.39 is 0 Å². The van der Waals surface area contributed by atoms with Crippen LogP contribution in [0.5, 0.6) is 0 Å². The van der Waals surface area contributed by atoms with Crippen molar-refractivity contribution >= 4 is 75.1 Å². The molecule has 0 spiro atoms. The number of thiophene rings is 1. The summed E-state index contributed by atoms with van der Waals surface area (Å²) < 4.78 is 7.21. The molecule has 4 nitrogen and oxygen atoms in total. The third-order valence-corrected chi connectivity index (χ3v) is 10.2. The number of hydrogen-bond donors (Lipinski definition) is 0. The van der Waals surface area contributed by atoms with Gasteiger partial charge in [0, 0.05) is 59.2 Å². The van der Waals surface area contributed by atoms with Gasteiger partial charge in [-0.15, -0.1) is 11.3 Å². The molecular formula is C40H24N4S. The minimum atomic E-state index is 0.665. The van der Waals surface area contributed by atoms with Crippen molar-refractivity contribution in [2.75, 3.05) is 0 Å². The van der Waals surface area contributed by atoms with E-state index >= 15 is 0 Å². The van der Waals surface area contributed by atoms with Crippen LogP contribution in [0.2, 0.25) is 0 Å². The highest BCUT2D eigenvalue weighted by Gasteiger charge is 2.21. The first-order valence-electron chi connectivity index (χ1n) is 15.1. The van der Waals surface area contributed by atoms with Crippen molar-refractivity contribution in [3.63, 3.8) is 0 Å². The third-order valence-electron chi connectivity index (χ3n) is 9.00. The SMILES string of the molecule is c1ccc(-n2c3ccccc3c3c2ccc2c4ccccc4n(-c4nccc(-c5ccc6sc7ccccc7c6c5)n4)c23)cc1.